The number of aromatic nitrogens is 1. The molecule has 0 unspecified atom stereocenters. The maximum Gasteiger partial charge on any atom is 0.267 e. The second kappa shape index (κ2) is 5.71. The molecule has 1 aromatic heterocycles. The summed E-state index contributed by atoms with van der Waals surface area (Å²) >= 11 is 1.34. The molecular weight excluding hydrogens is 264 g/mol. The number of benzene rings is 1. The minimum absolute atomic E-state index is 0.211. The van der Waals surface area contributed by atoms with Crippen LogP contribution in [-0.4, -0.2) is 25.1 Å². The lowest BCUT2D eigenvalue weighted by Gasteiger charge is -2.10. The van der Waals surface area contributed by atoms with Gasteiger partial charge in [-0.25, -0.2) is 4.98 Å². The summed E-state index contributed by atoms with van der Waals surface area (Å²) in [7, 11) is 3.12. The van der Waals surface area contributed by atoms with Gasteiger partial charge in [-0.15, -0.1) is 11.3 Å². The highest BCUT2D eigenvalue weighted by molar-refractivity contribution is 7.13. The number of thiazole rings is 1. The van der Waals surface area contributed by atoms with Gasteiger partial charge in [-0.3, -0.25) is 4.79 Å². The molecule has 0 saturated carbocycles. The average Bonchev–Trinajstić information content (AvgIpc) is 2.85. The molecule has 0 atom stereocenters. The maximum atomic E-state index is 12.1. The lowest BCUT2D eigenvalue weighted by Crippen LogP contribution is -2.11. The molecule has 100 valence electrons. The molecule has 0 fully saturated rings. The zero-order valence-corrected chi connectivity index (χ0v) is 11.7. The van der Waals surface area contributed by atoms with Gasteiger partial charge in [0.15, 0.2) is 0 Å². The molecule has 0 spiro atoms. The predicted octanol–water partition coefficient (Wildman–Crippen LogP) is 2.72. The Morgan fingerprint density at radius 2 is 2.11 bits per heavy atom. The fourth-order valence-corrected chi connectivity index (χ4v) is 2.23. The molecule has 2 rings (SSSR count). The molecule has 0 aliphatic rings. The Bertz CT molecular complexity index is 595. The molecule has 1 heterocycles. The summed E-state index contributed by atoms with van der Waals surface area (Å²) in [5.41, 5.74) is 0.568. The van der Waals surface area contributed by atoms with Gasteiger partial charge >= 0.3 is 0 Å². The lowest BCUT2D eigenvalue weighted by molar-refractivity contribution is 0.103. The van der Waals surface area contributed by atoms with Crippen LogP contribution in [0.5, 0.6) is 11.5 Å². The molecule has 1 aromatic carbocycles. The Balaban J connectivity index is 2.24. The van der Waals surface area contributed by atoms with Gasteiger partial charge in [0, 0.05) is 6.07 Å². The number of ether oxygens (including phenoxy) is 2. The van der Waals surface area contributed by atoms with Crippen molar-refractivity contribution >= 4 is 22.9 Å². The SMILES string of the molecule is COc1ccc(OC)c(NC(=O)c2cnc(C)s2)c1. The van der Waals surface area contributed by atoms with Crippen LogP contribution in [-0.2, 0) is 0 Å². The van der Waals surface area contributed by atoms with Crippen LogP contribution in [0.1, 0.15) is 14.7 Å². The standard InChI is InChI=1S/C13H14N2O3S/c1-8-14-7-12(19-8)13(16)15-10-6-9(17-2)4-5-11(10)18-3/h4-7H,1-3H3,(H,15,16). The van der Waals surface area contributed by atoms with Crippen LogP contribution < -0.4 is 14.8 Å². The number of carbonyl (C=O) groups excluding carboxylic acids is 1. The Labute approximate surface area is 115 Å². The normalized spacial score (nSPS) is 10.1. The van der Waals surface area contributed by atoms with E-state index in [0.29, 0.717) is 22.1 Å². The van der Waals surface area contributed by atoms with Gasteiger partial charge in [0.1, 0.15) is 16.4 Å². The smallest absolute Gasteiger partial charge is 0.267 e. The number of anilines is 1. The van der Waals surface area contributed by atoms with Gasteiger partial charge < -0.3 is 14.8 Å². The van der Waals surface area contributed by atoms with Crippen molar-refractivity contribution in [2.24, 2.45) is 0 Å². The first-order valence-electron chi connectivity index (χ1n) is 5.60. The first-order chi connectivity index (χ1) is 9.13. The summed E-state index contributed by atoms with van der Waals surface area (Å²) in [6.07, 6.45) is 1.56. The summed E-state index contributed by atoms with van der Waals surface area (Å²) in [6, 6.07) is 5.22. The topological polar surface area (TPSA) is 60.5 Å². The van der Waals surface area contributed by atoms with Gasteiger partial charge in [-0.2, -0.15) is 0 Å². The number of nitrogens with zero attached hydrogens (tertiary/aromatic N) is 1. The fraction of sp³-hybridized carbons (Fsp3) is 0.231. The van der Waals surface area contributed by atoms with E-state index in [1.807, 2.05) is 6.92 Å². The van der Waals surface area contributed by atoms with Crippen LogP contribution in [0, 0.1) is 6.92 Å². The van der Waals surface area contributed by atoms with Crippen molar-refractivity contribution in [3.63, 3.8) is 0 Å². The van der Waals surface area contributed by atoms with Crippen molar-refractivity contribution in [1.82, 2.24) is 4.98 Å². The third-order valence-electron chi connectivity index (χ3n) is 2.50. The number of carbonyl (C=O) groups is 1. The molecule has 19 heavy (non-hydrogen) atoms. The minimum atomic E-state index is -0.211. The van der Waals surface area contributed by atoms with Crippen molar-refractivity contribution in [2.75, 3.05) is 19.5 Å². The van der Waals surface area contributed by atoms with Crippen LogP contribution in [0.2, 0.25) is 0 Å². The van der Waals surface area contributed by atoms with Gasteiger partial charge in [-0.1, -0.05) is 0 Å². The molecule has 0 saturated heterocycles. The number of nitrogens with one attached hydrogen (secondary N) is 1. The fourth-order valence-electron chi connectivity index (χ4n) is 1.56. The first kappa shape index (κ1) is 13.4. The zero-order chi connectivity index (χ0) is 13.8. The quantitative estimate of drug-likeness (QED) is 0.934. The van der Waals surface area contributed by atoms with E-state index in [0.717, 1.165) is 5.01 Å². The molecule has 1 N–H and O–H groups in total. The lowest BCUT2D eigenvalue weighted by atomic mass is 10.2. The van der Waals surface area contributed by atoms with Crippen LogP contribution >= 0.6 is 11.3 Å². The molecule has 1 amide bonds. The van der Waals surface area contributed by atoms with Gasteiger partial charge in [0.25, 0.3) is 5.91 Å². The van der Waals surface area contributed by atoms with E-state index in [2.05, 4.69) is 10.3 Å². The highest BCUT2D eigenvalue weighted by atomic mass is 32.1. The number of hydrogen-bond donors (Lipinski definition) is 1. The maximum absolute atomic E-state index is 12.1. The van der Waals surface area contributed by atoms with Crippen molar-refractivity contribution in [2.45, 2.75) is 6.92 Å². The summed E-state index contributed by atoms with van der Waals surface area (Å²) < 4.78 is 10.3. The number of aryl methyl sites for hydroxylation is 1. The Hall–Kier alpha value is -2.08. The third kappa shape index (κ3) is 3.03. The second-order valence-electron chi connectivity index (χ2n) is 3.76. The van der Waals surface area contributed by atoms with Crippen molar-refractivity contribution in [1.29, 1.82) is 0 Å². The summed E-state index contributed by atoms with van der Waals surface area (Å²) in [6.45, 7) is 1.85. The van der Waals surface area contributed by atoms with Crippen LogP contribution in [0.3, 0.4) is 0 Å². The third-order valence-corrected chi connectivity index (χ3v) is 3.41. The molecule has 2 aromatic rings. The highest BCUT2D eigenvalue weighted by Gasteiger charge is 2.13. The second-order valence-corrected chi connectivity index (χ2v) is 5.00. The largest absolute Gasteiger partial charge is 0.497 e. The molecule has 5 nitrogen and oxygen atoms in total. The van der Waals surface area contributed by atoms with Gasteiger partial charge in [0.05, 0.1) is 31.1 Å². The van der Waals surface area contributed by atoms with E-state index >= 15 is 0 Å². The molecular formula is C13H14N2O3S. The summed E-state index contributed by atoms with van der Waals surface area (Å²) in [5, 5.41) is 3.64. The van der Waals surface area contributed by atoms with E-state index in [9.17, 15) is 4.79 Å². The molecule has 0 aliphatic heterocycles. The average molecular weight is 278 g/mol. The number of hydrogen-bond acceptors (Lipinski definition) is 5. The number of amides is 1. The molecule has 6 heteroatoms. The van der Waals surface area contributed by atoms with Crippen molar-refractivity contribution in [3.05, 3.63) is 34.3 Å². The molecule has 0 aliphatic carbocycles. The summed E-state index contributed by atoms with van der Waals surface area (Å²) in [5.74, 6) is 1.02. The van der Waals surface area contributed by atoms with Gasteiger partial charge in [-0.05, 0) is 19.1 Å². The predicted molar refractivity (Wildman–Crippen MR) is 74.4 cm³/mol. The van der Waals surface area contributed by atoms with E-state index in [4.69, 9.17) is 9.47 Å². The zero-order valence-electron chi connectivity index (χ0n) is 10.9. The van der Waals surface area contributed by atoms with Crippen LogP contribution in [0.4, 0.5) is 5.69 Å². The van der Waals surface area contributed by atoms with Crippen LogP contribution in [0.15, 0.2) is 24.4 Å². The van der Waals surface area contributed by atoms with Crippen molar-refractivity contribution < 1.29 is 14.3 Å². The molecule has 0 bridgehead atoms. The Kier molecular flexibility index (Phi) is 4.01. The van der Waals surface area contributed by atoms with E-state index < -0.39 is 0 Å². The minimum Gasteiger partial charge on any atom is -0.497 e. The van der Waals surface area contributed by atoms with E-state index in [-0.39, 0.29) is 5.91 Å². The van der Waals surface area contributed by atoms with Crippen molar-refractivity contribution in [3.8, 4) is 11.5 Å². The number of rotatable bonds is 4. The van der Waals surface area contributed by atoms with Crippen LogP contribution in [0.25, 0.3) is 0 Å². The first-order valence-corrected chi connectivity index (χ1v) is 6.41. The Morgan fingerprint density at radius 3 is 2.68 bits per heavy atom. The molecule has 0 radical (unpaired) electrons. The highest BCUT2D eigenvalue weighted by Crippen LogP contribution is 2.29. The summed E-state index contributed by atoms with van der Waals surface area (Å²) in [4.78, 5) is 16.7. The Morgan fingerprint density at radius 1 is 1.32 bits per heavy atom. The van der Waals surface area contributed by atoms with E-state index in [1.54, 1.807) is 38.6 Å². The van der Waals surface area contributed by atoms with Gasteiger partial charge in [0.2, 0.25) is 0 Å². The van der Waals surface area contributed by atoms with E-state index in [1.165, 1.54) is 11.3 Å². The number of methoxy groups -OCH3 is 2. The monoisotopic (exact) mass is 278 g/mol.